The van der Waals surface area contributed by atoms with Gasteiger partial charge >= 0.3 is 48.1 Å². The summed E-state index contributed by atoms with van der Waals surface area (Å²) in [5.41, 5.74) is -1.32. The van der Waals surface area contributed by atoms with Gasteiger partial charge in [-0.05, 0) is 30.2 Å². The van der Waals surface area contributed by atoms with Crippen molar-refractivity contribution >= 4 is 41.6 Å². The average Bonchev–Trinajstić information content (AvgIpc) is 2.42. The molecule has 0 spiro atoms. The van der Waals surface area contributed by atoms with Gasteiger partial charge in [0.2, 0.25) is 6.10 Å². The van der Waals surface area contributed by atoms with E-state index >= 15 is 0 Å². The van der Waals surface area contributed by atoms with Crippen LogP contribution in [-0.4, -0.2) is 59.3 Å². The predicted molar refractivity (Wildman–Crippen MR) is 75.7 cm³/mol. The molecule has 1 atom stereocenters. The second kappa shape index (κ2) is 7.46. The molecule has 1 aliphatic heterocycles. The first-order valence-electron chi connectivity index (χ1n) is 6.53. The minimum absolute atomic E-state index is 0. The van der Waals surface area contributed by atoms with E-state index in [1.807, 2.05) is 0 Å². The van der Waals surface area contributed by atoms with Crippen molar-refractivity contribution in [1.29, 1.82) is 0 Å². The van der Waals surface area contributed by atoms with E-state index in [-0.39, 0.29) is 52.9 Å². The third kappa shape index (κ3) is 5.05. The number of hydrogen-bond donors (Lipinski definition) is 1. The van der Waals surface area contributed by atoms with Crippen LogP contribution in [0.4, 0.5) is 26.3 Å². The van der Waals surface area contributed by atoms with Crippen molar-refractivity contribution in [2.75, 3.05) is 0 Å². The summed E-state index contributed by atoms with van der Waals surface area (Å²) in [5.74, 6) is -2.88. The zero-order chi connectivity index (χ0) is 18.3. The fourth-order valence-corrected chi connectivity index (χ4v) is 2.23. The van der Waals surface area contributed by atoms with Crippen LogP contribution in [0.3, 0.4) is 0 Å². The molecule has 0 bridgehead atoms. The normalized spacial score (nSPS) is 16.9. The van der Waals surface area contributed by atoms with Crippen LogP contribution in [0, 0.1) is 0 Å². The summed E-state index contributed by atoms with van der Waals surface area (Å²) >= 11 is 0. The topological polar surface area (TPSA) is 55.8 Å². The Kier molecular flexibility index (Phi) is 6.47. The standard InChI is InChI=1S/C14H10F6O4.Na.H/c1-2-6-3-8(24-14(18,19)20)4-7-5-9(12(21)22)11(13(15,16)17)23-10(6)7;;/h3-5,11H,2H2,1H3,(H,21,22);;/t11-;;/m0../s1. The number of benzene rings is 1. The maximum atomic E-state index is 13.0. The molecule has 1 heterocycles. The molecule has 1 N–H and O–H groups in total. The van der Waals surface area contributed by atoms with Crippen LogP contribution in [0.2, 0.25) is 0 Å². The second-order valence-corrected chi connectivity index (χ2v) is 4.85. The van der Waals surface area contributed by atoms with Crippen molar-refractivity contribution < 1.29 is 45.7 Å². The summed E-state index contributed by atoms with van der Waals surface area (Å²) in [6.07, 6.45) is -12.0. The van der Waals surface area contributed by atoms with Gasteiger partial charge in [0, 0.05) is 5.56 Å². The molecule has 134 valence electrons. The van der Waals surface area contributed by atoms with Gasteiger partial charge in [-0.2, -0.15) is 13.2 Å². The molecule has 2 rings (SSSR count). The van der Waals surface area contributed by atoms with E-state index in [2.05, 4.69) is 4.74 Å². The van der Waals surface area contributed by atoms with Crippen LogP contribution in [-0.2, 0) is 11.2 Å². The molecule has 0 aromatic heterocycles. The molecule has 0 saturated heterocycles. The Bertz CT molecular complexity index is 696. The van der Waals surface area contributed by atoms with Crippen molar-refractivity contribution in [2.24, 2.45) is 0 Å². The molecule has 4 nitrogen and oxygen atoms in total. The third-order valence-electron chi connectivity index (χ3n) is 3.16. The number of rotatable bonds is 3. The monoisotopic (exact) mass is 380 g/mol. The minimum atomic E-state index is -5.00. The van der Waals surface area contributed by atoms with Gasteiger partial charge in [-0.15, -0.1) is 13.2 Å². The molecule has 1 aromatic carbocycles. The molecule has 0 fully saturated rings. The number of aliphatic carboxylic acids is 1. The number of carboxylic acid groups (broad SMARTS) is 1. The van der Waals surface area contributed by atoms with Crippen LogP contribution < -0.4 is 9.47 Å². The summed E-state index contributed by atoms with van der Waals surface area (Å²) in [7, 11) is 0. The molecule has 0 amide bonds. The van der Waals surface area contributed by atoms with Gasteiger partial charge in [0.05, 0.1) is 5.57 Å². The fourth-order valence-electron chi connectivity index (χ4n) is 2.23. The molecule has 0 saturated carbocycles. The maximum absolute atomic E-state index is 13.0. The van der Waals surface area contributed by atoms with Gasteiger partial charge in [-0.25, -0.2) is 4.79 Å². The number of alkyl halides is 6. The predicted octanol–water partition coefficient (Wildman–Crippen LogP) is 3.29. The van der Waals surface area contributed by atoms with E-state index < -0.39 is 35.9 Å². The summed E-state index contributed by atoms with van der Waals surface area (Å²) in [4.78, 5) is 11.0. The second-order valence-electron chi connectivity index (χ2n) is 4.85. The number of ether oxygens (including phenoxy) is 2. The van der Waals surface area contributed by atoms with Crippen LogP contribution in [0.15, 0.2) is 17.7 Å². The van der Waals surface area contributed by atoms with Crippen LogP contribution >= 0.6 is 0 Å². The molecule has 0 radical (unpaired) electrons. The third-order valence-corrected chi connectivity index (χ3v) is 3.16. The first-order valence-corrected chi connectivity index (χ1v) is 6.53. The molecule has 11 heteroatoms. The zero-order valence-corrected chi connectivity index (χ0v) is 12.0. The number of carboxylic acids is 1. The molecule has 1 aliphatic rings. The Labute approximate surface area is 159 Å². The Balaban J connectivity index is 0.00000312. The first-order chi connectivity index (χ1) is 10.9. The fraction of sp³-hybridized carbons (Fsp3) is 0.357. The molecule has 1 aromatic rings. The number of hydrogen-bond acceptors (Lipinski definition) is 3. The summed E-state index contributed by atoms with van der Waals surface area (Å²) in [5, 5.41) is 8.92. The van der Waals surface area contributed by atoms with E-state index in [4.69, 9.17) is 9.84 Å². The number of fused-ring (bicyclic) bond motifs is 1. The Hall–Kier alpha value is -1.39. The van der Waals surface area contributed by atoms with Gasteiger partial charge < -0.3 is 14.6 Å². The number of halogens is 6. The van der Waals surface area contributed by atoms with Crippen molar-refractivity contribution in [3.05, 3.63) is 28.8 Å². The summed E-state index contributed by atoms with van der Waals surface area (Å²) < 4.78 is 84.4. The van der Waals surface area contributed by atoms with Gasteiger partial charge in [-0.3, -0.25) is 0 Å². The zero-order valence-electron chi connectivity index (χ0n) is 12.0. The number of carbonyl (C=O) groups is 1. The van der Waals surface area contributed by atoms with Crippen molar-refractivity contribution in [3.63, 3.8) is 0 Å². The quantitative estimate of drug-likeness (QED) is 0.646. The van der Waals surface area contributed by atoms with Crippen LogP contribution in [0.1, 0.15) is 18.1 Å². The molecular formula is C14H11F6NaO4. The summed E-state index contributed by atoms with van der Waals surface area (Å²) in [6.45, 7) is 1.50. The first kappa shape index (κ1) is 21.7. The van der Waals surface area contributed by atoms with E-state index in [1.165, 1.54) is 6.92 Å². The SMILES string of the molecule is CCc1cc(OC(F)(F)F)cc2c1O[C@H](C(F)(F)F)C(C(=O)O)=C2.[NaH]. The Morgan fingerprint density at radius 3 is 2.28 bits per heavy atom. The van der Waals surface area contributed by atoms with Crippen LogP contribution in [0.5, 0.6) is 11.5 Å². The van der Waals surface area contributed by atoms with Gasteiger partial charge in [-0.1, -0.05) is 6.92 Å². The van der Waals surface area contributed by atoms with Gasteiger partial charge in [0.25, 0.3) is 0 Å². The van der Waals surface area contributed by atoms with Gasteiger partial charge in [0.15, 0.2) is 0 Å². The molecule has 0 unspecified atom stereocenters. The van der Waals surface area contributed by atoms with E-state index in [1.54, 1.807) is 0 Å². The Morgan fingerprint density at radius 2 is 1.84 bits per heavy atom. The van der Waals surface area contributed by atoms with E-state index in [9.17, 15) is 31.1 Å². The molecule has 25 heavy (non-hydrogen) atoms. The van der Waals surface area contributed by atoms with Gasteiger partial charge in [0.1, 0.15) is 11.5 Å². The van der Waals surface area contributed by atoms with E-state index in [0.29, 0.717) is 6.08 Å². The Morgan fingerprint density at radius 1 is 1.24 bits per heavy atom. The van der Waals surface area contributed by atoms with Crippen molar-refractivity contribution in [2.45, 2.75) is 32.0 Å². The average molecular weight is 380 g/mol. The molecular weight excluding hydrogens is 369 g/mol. The van der Waals surface area contributed by atoms with Crippen LogP contribution in [0.25, 0.3) is 6.08 Å². The van der Waals surface area contributed by atoms with E-state index in [0.717, 1.165) is 12.1 Å². The number of aryl methyl sites for hydroxylation is 1. The van der Waals surface area contributed by atoms with Crippen molar-refractivity contribution in [3.8, 4) is 11.5 Å². The summed E-state index contributed by atoms with van der Waals surface area (Å²) in [6, 6.07) is 1.68. The van der Waals surface area contributed by atoms with Crippen molar-refractivity contribution in [1.82, 2.24) is 0 Å². The molecule has 0 aliphatic carbocycles.